The van der Waals surface area contributed by atoms with Crippen LogP contribution in [0.2, 0.25) is 0 Å². The van der Waals surface area contributed by atoms with Crippen LogP contribution in [0.3, 0.4) is 0 Å². The van der Waals surface area contributed by atoms with Gasteiger partial charge in [-0.2, -0.15) is 0 Å². The van der Waals surface area contributed by atoms with Crippen LogP contribution in [0.5, 0.6) is 0 Å². The van der Waals surface area contributed by atoms with Gasteiger partial charge in [0.1, 0.15) is 11.6 Å². The maximum absolute atomic E-state index is 5.93. The van der Waals surface area contributed by atoms with Gasteiger partial charge in [0, 0.05) is 39.4 Å². The number of nitrogens with one attached hydrogen (secondary N) is 1. The number of hydrogen-bond donors (Lipinski definition) is 2. The molecule has 4 rings (SSSR count). The molecule has 3 N–H and O–H groups in total. The number of rotatable bonds is 5. The minimum absolute atomic E-state index is 0. The third-order valence-electron chi connectivity index (χ3n) is 4.54. The Bertz CT molecular complexity index is 681. The number of anilines is 1. The van der Waals surface area contributed by atoms with Crippen LogP contribution in [0, 0.1) is 6.92 Å². The molecule has 0 unspecified atom stereocenters. The molecule has 2 aliphatic rings. The average molecular weight is 387 g/mol. The Balaban J connectivity index is 0.00000104. The second-order valence-electron chi connectivity index (χ2n) is 6.60. The fraction of sp³-hybridized carbons (Fsp3) is 0.529. The predicted molar refractivity (Wildman–Crippen MR) is 105 cm³/mol. The van der Waals surface area contributed by atoms with Crippen molar-refractivity contribution in [3.8, 4) is 0 Å². The van der Waals surface area contributed by atoms with Crippen molar-refractivity contribution in [1.29, 1.82) is 0 Å². The molecule has 2 aromatic rings. The Morgan fingerprint density at radius 3 is 2.50 bits per heavy atom. The fourth-order valence-corrected chi connectivity index (χ4v) is 3.80. The van der Waals surface area contributed by atoms with E-state index in [4.69, 9.17) is 15.7 Å². The molecule has 2 saturated carbocycles. The maximum atomic E-state index is 5.93. The summed E-state index contributed by atoms with van der Waals surface area (Å²) < 4.78 is 0. The monoisotopic (exact) mass is 386 g/mol. The molecule has 0 saturated heterocycles. The smallest absolute Gasteiger partial charge is 0.134 e. The molecule has 0 spiro atoms. The first-order valence-electron chi connectivity index (χ1n) is 8.11. The van der Waals surface area contributed by atoms with Gasteiger partial charge in [-0.25, -0.2) is 9.97 Å². The van der Waals surface area contributed by atoms with Crippen LogP contribution in [0.4, 0.5) is 5.82 Å². The van der Waals surface area contributed by atoms with Crippen molar-refractivity contribution in [3.63, 3.8) is 0 Å². The van der Waals surface area contributed by atoms with Crippen LogP contribution in [0.25, 0.3) is 0 Å². The van der Waals surface area contributed by atoms with E-state index < -0.39 is 0 Å². The number of nitrogens with two attached hydrogens (primary N) is 1. The van der Waals surface area contributed by atoms with Gasteiger partial charge < -0.3 is 11.1 Å². The van der Waals surface area contributed by atoms with Crippen molar-refractivity contribution in [2.75, 3.05) is 5.32 Å². The van der Waals surface area contributed by atoms with Crippen LogP contribution in [-0.2, 0) is 6.54 Å². The summed E-state index contributed by atoms with van der Waals surface area (Å²) in [5.41, 5.74) is 7.12. The molecule has 0 aromatic carbocycles. The molecular formula is C17H24Cl2N4S. The number of halogens is 2. The molecule has 0 aliphatic heterocycles. The molecule has 2 heterocycles. The molecule has 24 heavy (non-hydrogen) atoms. The maximum Gasteiger partial charge on any atom is 0.134 e. The SMILES string of the molecule is Cc1ccc(CNc2cc(C3CC(N)C3)nc(C3CC3)n2)s1.Cl.Cl. The van der Waals surface area contributed by atoms with Crippen LogP contribution < -0.4 is 11.1 Å². The van der Waals surface area contributed by atoms with Crippen molar-refractivity contribution in [2.24, 2.45) is 5.73 Å². The van der Waals surface area contributed by atoms with E-state index in [1.165, 1.54) is 28.3 Å². The van der Waals surface area contributed by atoms with E-state index in [1.54, 1.807) is 0 Å². The molecule has 0 bridgehead atoms. The summed E-state index contributed by atoms with van der Waals surface area (Å²) in [6.07, 6.45) is 4.59. The van der Waals surface area contributed by atoms with E-state index in [-0.39, 0.29) is 24.8 Å². The molecule has 0 atom stereocenters. The molecule has 0 amide bonds. The Morgan fingerprint density at radius 1 is 1.17 bits per heavy atom. The molecule has 2 fully saturated rings. The highest BCUT2D eigenvalue weighted by Crippen LogP contribution is 2.41. The summed E-state index contributed by atoms with van der Waals surface area (Å²) >= 11 is 1.83. The summed E-state index contributed by atoms with van der Waals surface area (Å²) in [4.78, 5) is 12.2. The van der Waals surface area contributed by atoms with Crippen LogP contribution >= 0.6 is 36.2 Å². The minimum Gasteiger partial charge on any atom is -0.365 e. The van der Waals surface area contributed by atoms with Crippen molar-refractivity contribution in [1.82, 2.24) is 9.97 Å². The zero-order valence-electron chi connectivity index (χ0n) is 13.7. The standard InChI is InChI=1S/C17H22N4S.2ClH/c1-10-2-5-14(22-10)9-19-16-8-15(12-6-13(18)7-12)20-17(21-16)11-3-4-11;;/h2,5,8,11-13H,3-4,6-7,9,18H2,1H3,(H,19,20,21);2*1H. The van der Waals surface area contributed by atoms with Crippen molar-refractivity contribution in [3.05, 3.63) is 39.5 Å². The second-order valence-corrected chi connectivity index (χ2v) is 7.98. The van der Waals surface area contributed by atoms with Gasteiger partial charge in [0.15, 0.2) is 0 Å². The number of thiophene rings is 1. The van der Waals surface area contributed by atoms with E-state index in [9.17, 15) is 0 Å². The normalized spacial score (nSPS) is 22.1. The van der Waals surface area contributed by atoms with Gasteiger partial charge in [-0.05, 0) is 44.7 Å². The Morgan fingerprint density at radius 2 is 1.92 bits per heavy atom. The van der Waals surface area contributed by atoms with Gasteiger partial charge in [0.05, 0.1) is 6.54 Å². The highest BCUT2D eigenvalue weighted by molar-refractivity contribution is 7.11. The lowest BCUT2D eigenvalue weighted by Gasteiger charge is -2.32. The molecule has 7 heteroatoms. The van der Waals surface area contributed by atoms with E-state index >= 15 is 0 Å². The summed E-state index contributed by atoms with van der Waals surface area (Å²) in [5, 5.41) is 3.48. The third-order valence-corrected chi connectivity index (χ3v) is 5.54. The van der Waals surface area contributed by atoms with Crippen LogP contribution in [-0.4, -0.2) is 16.0 Å². The van der Waals surface area contributed by atoms with Gasteiger partial charge >= 0.3 is 0 Å². The Labute approximate surface area is 159 Å². The van der Waals surface area contributed by atoms with Crippen molar-refractivity contribution < 1.29 is 0 Å². The zero-order chi connectivity index (χ0) is 15.1. The molecule has 0 radical (unpaired) electrons. The van der Waals surface area contributed by atoms with Crippen LogP contribution in [0.1, 0.15) is 58.8 Å². The molecule has 2 aliphatic carbocycles. The van der Waals surface area contributed by atoms with Crippen LogP contribution in [0.15, 0.2) is 18.2 Å². The largest absolute Gasteiger partial charge is 0.365 e. The van der Waals surface area contributed by atoms with E-state index in [0.29, 0.717) is 17.9 Å². The lowest BCUT2D eigenvalue weighted by Crippen LogP contribution is -2.35. The fourth-order valence-electron chi connectivity index (χ4n) is 2.97. The Kier molecular flexibility index (Phi) is 6.48. The first kappa shape index (κ1) is 19.4. The van der Waals surface area contributed by atoms with E-state index in [0.717, 1.165) is 31.0 Å². The van der Waals surface area contributed by atoms with Gasteiger partial charge in [0.2, 0.25) is 0 Å². The van der Waals surface area contributed by atoms with Crippen molar-refractivity contribution >= 4 is 42.0 Å². The third kappa shape index (κ3) is 4.39. The minimum atomic E-state index is 0. The second kappa shape index (κ2) is 8.00. The Hall–Kier alpha value is -0.880. The van der Waals surface area contributed by atoms with Gasteiger partial charge in [-0.15, -0.1) is 36.2 Å². The topological polar surface area (TPSA) is 63.8 Å². The van der Waals surface area contributed by atoms with Gasteiger partial charge in [-0.1, -0.05) is 0 Å². The average Bonchev–Trinajstić information content (AvgIpc) is 3.24. The lowest BCUT2D eigenvalue weighted by atomic mass is 9.78. The summed E-state index contributed by atoms with van der Waals surface area (Å²) in [7, 11) is 0. The van der Waals surface area contributed by atoms with Crippen molar-refractivity contribution in [2.45, 2.75) is 57.0 Å². The lowest BCUT2D eigenvalue weighted by molar-refractivity contribution is 0.344. The quantitative estimate of drug-likeness (QED) is 0.799. The predicted octanol–water partition coefficient (Wildman–Crippen LogP) is 4.38. The number of aromatic nitrogens is 2. The molecule has 4 nitrogen and oxygen atoms in total. The van der Waals surface area contributed by atoms with E-state index in [1.807, 2.05) is 11.3 Å². The van der Waals surface area contributed by atoms with Gasteiger partial charge in [0.25, 0.3) is 0 Å². The molecule has 132 valence electrons. The highest BCUT2D eigenvalue weighted by atomic mass is 35.5. The summed E-state index contributed by atoms with van der Waals surface area (Å²) in [6.45, 7) is 2.98. The number of nitrogens with zero attached hydrogens (tertiary/aromatic N) is 2. The molecular weight excluding hydrogens is 363 g/mol. The summed E-state index contributed by atoms with van der Waals surface area (Å²) in [6, 6.07) is 6.83. The summed E-state index contributed by atoms with van der Waals surface area (Å²) in [5.74, 6) is 3.11. The van der Waals surface area contributed by atoms with E-state index in [2.05, 4.69) is 30.4 Å². The number of hydrogen-bond acceptors (Lipinski definition) is 5. The van der Waals surface area contributed by atoms with Gasteiger partial charge in [-0.3, -0.25) is 0 Å². The first-order chi connectivity index (χ1) is 10.7. The highest BCUT2D eigenvalue weighted by Gasteiger charge is 2.32. The first-order valence-corrected chi connectivity index (χ1v) is 8.92. The molecule has 2 aromatic heterocycles. The number of aryl methyl sites for hydroxylation is 1. The zero-order valence-corrected chi connectivity index (χ0v) is 16.1.